The van der Waals surface area contributed by atoms with Crippen LogP contribution in [-0.2, 0) is 20.9 Å². The van der Waals surface area contributed by atoms with Crippen LogP contribution in [0.2, 0.25) is 0 Å². The van der Waals surface area contributed by atoms with Crippen molar-refractivity contribution in [3.05, 3.63) is 23.9 Å². The summed E-state index contributed by atoms with van der Waals surface area (Å²) in [6.07, 6.45) is 2.06. The molecule has 2 aliphatic heterocycles. The van der Waals surface area contributed by atoms with Gasteiger partial charge in [0.2, 0.25) is 11.8 Å². The van der Waals surface area contributed by atoms with E-state index in [-0.39, 0.29) is 17.7 Å². The van der Waals surface area contributed by atoms with Crippen LogP contribution in [0.25, 0.3) is 0 Å². The van der Waals surface area contributed by atoms with Gasteiger partial charge in [-0.15, -0.1) is 0 Å². The maximum Gasteiger partial charge on any atom is 0.225 e. The van der Waals surface area contributed by atoms with Crippen molar-refractivity contribution in [2.75, 3.05) is 44.8 Å². The smallest absolute Gasteiger partial charge is 0.225 e. The summed E-state index contributed by atoms with van der Waals surface area (Å²) in [4.78, 5) is 32.0. The van der Waals surface area contributed by atoms with Crippen molar-refractivity contribution in [3.63, 3.8) is 0 Å². The molecule has 0 bridgehead atoms. The number of likely N-dealkylation sites (tertiary alicyclic amines) is 1. The van der Waals surface area contributed by atoms with E-state index in [0.29, 0.717) is 32.7 Å². The molecule has 2 saturated heterocycles. The Bertz CT molecular complexity index is 586. The van der Waals surface area contributed by atoms with Crippen LogP contribution in [-0.4, -0.2) is 61.6 Å². The second-order valence-corrected chi connectivity index (χ2v) is 5.98. The molecular weight excluding hydrogens is 296 g/mol. The predicted octanol–water partition coefficient (Wildman–Crippen LogP) is 0.0127. The molecular formula is C16H22N4O3. The Kier molecular flexibility index (Phi) is 4.76. The Balaban J connectivity index is 1.62. The Hall–Kier alpha value is -2.15. The lowest BCUT2D eigenvalue weighted by Gasteiger charge is -2.29. The quantitative estimate of drug-likeness (QED) is 0.847. The summed E-state index contributed by atoms with van der Waals surface area (Å²) in [5.74, 6) is 0.603. The maximum absolute atomic E-state index is 12.3. The largest absolute Gasteiger partial charge is 0.378 e. The van der Waals surface area contributed by atoms with Gasteiger partial charge in [0.1, 0.15) is 5.82 Å². The molecule has 0 aromatic carbocycles. The summed E-state index contributed by atoms with van der Waals surface area (Å²) >= 11 is 0. The molecule has 1 aromatic heterocycles. The molecule has 3 heterocycles. The van der Waals surface area contributed by atoms with Crippen LogP contribution in [0.1, 0.15) is 12.0 Å². The summed E-state index contributed by atoms with van der Waals surface area (Å²) in [5, 5.41) is 2.95. The molecule has 2 amide bonds. The van der Waals surface area contributed by atoms with Crippen LogP contribution >= 0.6 is 0 Å². The van der Waals surface area contributed by atoms with Gasteiger partial charge in [0.15, 0.2) is 0 Å². The first-order valence-corrected chi connectivity index (χ1v) is 7.93. The molecule has 0 unspecified atom stereocenters. The average Bonchev–Trinajstić information content (AvgIpc) is 2.93. The number of carbonyl (C=O) groups excluding carboxylic acids is 2. The normalized spacial score (nSPS) is 21.6. The van der Waals surface area contributed by atoms with Crippen molar-refractivity contribution in [1.29, 1.82) is 0 Å². The fourth-order valence-corrected chi connectivity index (χ4v) is 2.99. The number of carbonyl (C=O) groups is 2. The number of rotatable bonds is 4. The number of aromatic nitrogens is 1. The van der Waals surface area contributed by atoms with E-state index < -0.39 is 0 Å². The summed E-state index contributed by atoms with van der Waals surface area (Å²) in [5.41, 5.74) is 0.987. The lowest BCUT2D eigenvalue weighted by atomic mass is 10.1. The molecule has 0 saturated carbocycles. The SMILES string of the molecule is CN1C[C@@H](C(=O)NCc2cccnc2N2CCOCC2)CC1=O. The molecule has 0 spiro atoms. The summed E-state index contributed by atoms with van der Waals surface area (Å²) in [7, 11) is 1.73. The highest BCUT2D eigenvalue weighted by Crippen LogP contribution is 2.19. The summed E-state index contributed by atoms with van der Waals surface area (Å²) < 4.78 is 5.37. The molecule has 2 aliphatic rings. The highest BCUT2D eigenvalue weighted by molar-refractivity contribution is 5.89. The van der Waals surface area contributed by atoms with Crippen LogP contribution in [0.5, 0.6) is 0 Å². The Morgan fingerprint density at radius 3 is 2.91 bits per heavy atom. The van der Waals surface area contributed by atoms with E-state index in [1.807, 2.05) is 12.1 Å². The van der Waals surface area contributed by atoms with E-state index >= 15 is 0 Å². The van der Waals surface area contributed by atoms with E-state index in [1.54, 1.807) is 18.1 Å². The standard InChI is InChI=1S/C16H22N4O3/c1-19-11-13(9-14(19)21)16(22)18-10-12-3-2-4-17-15(12)20-5-7-23-8-6-20/h2-4,13H,5-11H2,1H3,(H,18,22)/t13-/m0/s1. The second-order valence-electron chi connectivity index (χ2n) is 5.98. The molecule has 0 radical (unpaired) electrons. The zero-order valence-electron chi connectivity index (χ0n) is 13.3. The number of ether oxygens (including phenoxy) is 1. The van der Waals surface area contributed by atoms with E-state index in [1.165, 1.54) is 0 Å². The first-order valence-electron chi connectivity index (χ1n) is 7.93. The van der Waals surface area contributed by atoms with E-state index in [9.17, 15) is 9.59 Å². The highest BCUT2D eigenvalue weighted by Gasteiger charge is 2.32. The fourth-order valence-electron chi connectivity index (χ4n) is 2.99. The number of morpholine rings is 1. The first kappa shape index (κ1) is 15.7. The van der Waals surface area contributed by atoms with Gasteiger partial charge in [-0.2, -0.15) is 0 Å². The van der Waals surface area contributed by atoms with Crippen molar-refractivity contribution in [2.24, 2.45) is 5.92 Å². The lowest BCUT2D eigenvalue weighted by molar-refractivity contribution is -0.128. The molecule has 124 valence electrons. The van der Waals surface area contributed by atoms with Gasteiger partial charge in [-0.1, -0.05) is 6.07 Å². The fraction of sp³-hybridized carbons (Fsp3) is 0.562. The molecule has 1 aromatic rings. The van der Waals surface area contributed by atoms with Gasteiger partial charge in [0.25, 0.3) is 0 Å². The summed E-state index contributed by atoms with van der Waals surface area (Å²) in [6, 6.07) is 3.85. The van der Waals surface area contributed by atoms with Crippen molar-refractivity contribution < 1.29 is 14.3 Å². The van der Waals surface area contributed by atoms with Gasteiger partial charge in [-0.05, 0) is 6.07 Å². The number of pyridine rings is 1. The first-order chi connectivity index (χ1) is 11.1. The number of hydrogen-bond acceptors (Lipinski definition) is 5. The molecule has 0 aliphatic carbocycles. The number of nitrogens with zero attached hydrogens (tertiary/aromatic N) is 3. The zero-order chi connectivity index (χ0) is 16.2. The van der Waals surface area contributed by atoms with Crippen LogP contribution in [0.3, 0.4) is 0 Å². The summed E-state index contributed by atoms with van der Waals surface area (Å²) in [6.45, 7) is 3.92. The third-order valence-corrected chi connectivity index (χ3v) is 4.34. The molecule has 1 atom stereocenters. The van der Waals surface area contributed by atoms with E-state index in [4.69, 9.17) is 4.74 Å². The number of nitrogens with one attached hydrogen (secondary N) is 1. The van der Waals surface area contributed by atoms with Crippen LogP contribution in [0.15, 0.2) is 18.3 Å². The van der Waals surface area contributed by atoms with Gasteiger partial charge < -0.3 is 19.9 Å². The minimum absolute atomic E-state index is 0.0283. The molecule has 23 heavy (non-hydrogen) atoms. The third kappa shape index (κ3) is 3.61. The van der Waals surface area contributed by atoms with E-state index in [2.05, 4.69) is 15.2 Å². The Morgan fingerprint density at radius 2 is 2.22 bits per heavy atom. The molecule has 2 fully saturated rings. The van der Waals surface area contributed by atoms with Crippen LogP contribution in [0, 0.1) is 5.92 Å². The number of hydrogen-bond donors (Lipinski definition) is 1. The maximum atomic E-state index is 12.3. The van der Waals surface area contributed by atoms with Crippen LogP contribution in [0.4, 0.5) is 5.82 Å². The average molecular weight is 318 g/mol. The van der Waals surface area contributed by atoms with Crippen molar-refractivity contribution in [2.45, 2.75) is 13.0 Å². The van der Waals surface area contributed by atoms with Gasteiger partial charge >= 0.3 is 0 Å². The molecule has 7 heteroatoms. The van der Waals surface area contributed by atoms with Gasteiger partial charge in [0.05, 0.1) is 19.1 Å². The van der Waals surface area contributed by atoms with Crippen molar-refractivity contribution >= 4 is 17.6 Å². The minimum Gasteiger partial charge on any atom is -0.378 e. The number of amides is 2. The Morgan fingerprint density at radius 1 is 1.43 bits per heavy atom. The van der Waals surface area contributed by atoms with Crippen LogP contribution < -0.4 is 10.2 Å². The van der Waals surface area contributed by atoms with Gasteiger partial charge in [0, 0.05) is 51.4 Å². The zero-order valence-corrected chi connectivity index (χ0v) is 13.3. The minimum atomic E-state index is -0.254. The molecule has 1 N–H and O–H groups in total. The third-order valence-electron chi connectivity index (χ3n) is 4.34. The van der Waals surface area contributed by atoms with E-state index in [0.717, 1.165) is 24.5 Å². The monoisotopic (exact) mass is 318 g/mol. The molecule has 3 rings (SSSR count). The van der Waals surface area contributed by atoms with Gasteiger partial charge in [-0.3, -0.25) is 9.59 Å². The Labute approximate surface area is 135 Å². The van der Waals surface area contributed by atoms with Gasteiger partial charge in [-0.25, -0.2) is 4.98 Å². The second kappa shape index (κ2) is 6.95. The molecule has 7 nitrogen and oxygen atoms in total. The lowest BCUT2D eigenvalue weighted by Crippen LogP contribution is -2.38. The van der Waals surface area contributed by atoms with Crippen molar-refractivity contribution in [3.8, 4) is 0 Å². The number of anilines is 1. The topological polar surface area (TPSA) is 74.8 Å². The van der Waals surface area contributed by atoms with Crippen molar-refractivity contribution in [1.82, 2.24) is 15.2 Å². The predicted molar refractivity (Wildman–Crippen MR) is 84.9 cm³/mol. The highest BCUT2D eigenvalue weighted by atomic mass is 16.5.